The number of anilines is 1. The predicted octanol–water partition coefficient (Wildman–Crippen LogP) is 3.56. The van der Waals surface area contributed by atoms with Crippen molar-refractivity contribution in [3.05, 3.63) is 53.6 Å². The number of rotatable bonds is 6. The van der Waals surface area contributed by atoms with Gasteiger partial charge in [-0.15, -0.1) is 10.2 Å². The lowest BCUT2D eigenvalue weighted by Crippen LogP contribution is -2.28. The maximum absolute atomic E-state index is 13.0. The van der Waals surface area contributed by atoms with Gasteiger partial charge in [-0.3, -0.25) is 10.1 Å². The monoisotopic (exact) mass is 458 g/mol. The van der Waals surface area contributed by atoms with Crippen molar-refractivity contribution in [2.45, 2.75) is 24.7 Å². The zero-order chi connectivity index (χ0) is 22.0. The van der Waals surface area contributed by atoms with Crippen LogP contribution in [-0.4, -0.2) is 49.0 Å². The van der Waals surface area contributed by atoms with Crippen molar-refractivity contribution in [3.8, 4) is 16.3 Å². The average Bonchev–Trinajstić information content (AvgIpc) is 3.47. The van der Waals surface area contributed by atoms with Crippen LogP contribution >= 0.6 is 11.3 Å². The van der Waals surface area contributed by atoms with Gasteiger partial charge in [0.05, 0.1) is 12.0 Å². The van der Waals surface area contributed by atoms with Crippen LogP contribution in [0.4, 0.5) is 5.13 Å². The zero-order valence-corrected chi connectivity index (χ0v) is 18.8. The molecule has 1 amide bonds. The third kappa shape index (κ3) is 4.46. The maximum atomic E-state index is 13.0. The second-order valence-electron chi connectivity index (χ2n) is 7.19. The summed E-state index contributed by atoms with van der Waals surface area (Å²) in [4.78, 5) is 12.9. The van der Waals surface area contributed by atoms with Crippen molar-refractivity contribution in [2.75, 3.05) is 25.5 Å². The molecule has 0 saturated carbocycles. The van der Waals surface area contributed by atoms with E-state index in [0.717, 1.165) is 24.2 Å². The molecule has 0 unspecified atom stereocenters. The van der Waals surface area contributed by atoms with Gasteiger partial charge in [0.1, 0.15) is 10.8 Å². The lowest BCUT2D eigenvalue weighted by Gasteiger charge is -2.17. The van der Waals surface area contributed by atoms with E-state index < -0.39 is 15.9 Å². The van der Waals surface area contributed by atoms with Crippen LogP contribution in [0.5, 0.6) is 5.75 Å². The van der Waals surface area contributed by atoms with Gasteiger partial charge in [0, 0.05) is 24.2 Å². The van der Waals surface area contributed by atoms with E-state index in [1.54, 1.807) is 26.2 Å². The number of aromatic nitrogens is 2. The molecule has 0 aliphatic carbocycles. The number of ether oxygens (including phenoxy) is 1. The van der Waals surface area contributed by atoms with Gasteiger partial charge in [0.15, 0.2) is 0 Å². The minimum absolute atomic E-state index is 0.165. The number of nitrogens with zero attached hydrogens (tertiary/aromatic N) is 3. The van der Waals surface area contributed by atoms with E-state index in [1.165, 1.54) is 21.7 Å². The number of aryl methyl sites for hydroxylation is 1. The SMILES string of the molecule is COc1ccc(-c2nnc(NC(=O)c3ccc(C)c(S(=O)(=O)N4CCCC4)c3)s2)cc1. The van der Waals surface area contributed by atoms with Gasteiger partial charge >= 0.3 is 0 Å². The summed E-state index contributed by atoms with van der Waals surface area (Å²) >= 11 is 1.23. The molecule has 1 fully saturated rings. The first-order valence-corrected chi connectivity index (χ1v) is 12.0. The summed E-state index contributed by atoms with van der Waals surface area (Å²) in [6, 6.07) is 12.1. The summed E-state index contributed by atoms with van der Waals surface area (Å²) in [5.74, 6) is 0.302. The number of benzene rings is 2. The predicted molar refractivity (Wildman–Crippen MR) is 119 cm³/mol. The number of carbonyl (C=O) groups excluding carboxylic acids is 1. The van der Waals surface area contributed by atoms with Gasteiger partial charge in [-0.25, -0.2) is 8.42 Å². The van der Waals surface area contributed by atoms with Gasteiger partial charge in [-0.2, -0.15) is 4.31 Å². The summed E-state index contributed by atoms with van der Waals surface area (Å²) in [5, 5.41) is 11.9. The molecule has 0 radical (unpaired) electrons. The van der Waals surface area contributed by atoms with Crippen molar-refractivity contribution in [1.29, 1.82) is 0 Å². The fourth-order valence-electron chi connectivity index (χ4n) is 3.38. The van der Waals surface area contributed by atoms with Gasteiger partial charge in [-0.1, -0.05) is 17.4 Å². The molecule has 1 N–H and O–H groups in total. The van der Waals surface area contributed by atoms with Crippen LogP contribution in [0, 0.1) is 6.92 Å². The molecule has 1 aliphatic heterocycles. The molecule has 8 nitrogen and oxygen atoms in total. The lowest BCUT2D eigenvalue weighted by molar-refractivity contribution is 0.102. The standard InChI is InChI=1S/C21H22N4O4S2/c1-14-5-6-16(13-18(14)31(27,28)25-11-3-4-12-25)19(26)22-21-24-23-20(30-21)15-7-9-17(29-2)10-8-15/h5-10,13H,3-4,11-12H2,1-2H3,(H,22,24,26). The Balaban J connectivity index is 1.53. The van der Waals surface area contributed by atoms with E-state index in [4.69, 9.17) is 4.74 Å². The maximum Gasteiger partial charge on any atom is 0.257 e. The second-order valence-corrected chi connectivity index (χ2v) is 10.1. The third-order valence-electron chi connectivity index (χ3n) is 5.12. The molecule has 0 spiro atoms. The Morgan fingerprint density at radius 1 is 1.10 bits per heavy atom. The number of hydrogen-bond donors (Lipinski definition) is 1. The van der Waals surface area contributed by atoms with E-state index in [9.17, 15) is 13.2 Å². The van der Waals surface area contributed by atoms with E-state index in [2.05, 4.69) is 15.5 Å². The number of hydrogen-bond acceptors (Lipinski definition) is 7. The zero-order valence-electron chi connectivity index (χ0n) is 17.2. The summed E-state index contributed by atoms with van der Waals surface area (Å²) < 4.78 is 32.5. The van der Waals surface area contributed by atoms with Crippen molar-refractivity contribution < 1.29 is 17.9 Å². The lowest BCUT2D eigenvalue weighted by atomic mass is 10.1. The van der Waals surface area contributed by atoms with Gasteiger partial charge in [-0.05, 0) is 61.7 Å². The number of nitrogens with one attached hydrogen (secondary N) is 1. The molecule has 3 aromatic rings. The highest BCUT2D eigenvalue weighted by molar-refractivity contribution is 7.89. The Morgan fingerprint density at radius 3 is 2.48 bits per heavy atom. The molecular formula is C21H22N4O4S2. The number of sulfonamides is 1. The van der Waals surface area contributed by atoms with Crippen molar-refractivity contribution in [3.63, 3.8) is 0 Å². The molecule has 4 rings (SSSR count). The number of methoxy groups -OCH3 is 1. The summed E-state index contributed by atoms with van der Waals surface area (Å²) in [6.07, 6.45) is 1.71. The Hall–Kier alpha value is -2.82. The van der Waals surface area contributed by atoms with E-state index in [0.29, 0.717) is 28.8 Å². The second kappa shape index (κ2) is 8.74. The molecule has 10 heteroatoms. The molecule has 2 aromatic carbocycles. The molecule has 1 aliphatic rings. The van der Waals surface area contributed by atoms with Crippen LogP contribution < -0.4 is 10.1 Å². The fourth-order valence-corrected chi connectivity index (χ4v) is 5.89. The van der Waals surface area contributed by atoms with Crippen LogP contribution in [0.3, 0.4) is 0 Å². The van der Waals surface area contributed by atoms with Gasteiger partial charge < -0.3 is 4.74 Å². The van der Waals surface area contributed by atoms with Crippen LogP contribution in [0.2, 0.25) is 0 Å². The number of amides is 1. The third-order valence-corrected chi connectivity index (χ3v) is 8.04. The summed E-state index contributed by atoms with van der Waals surface area (Å²) in [5.41, 5.74) is 1.72. The fraction of sp³-hybridized carbons (Fsp3) is 0.286. The van der Waals surface area contributed by atoms with E-state index >= 15 is 0 Å². The summed E-state index contributed by atoms with van der Waals surface area (Å²) in [6.45, 7) is 2.75. The van der Waals surface area contributed by atoms with Crippen LogP contribution in [0.15, 0.2) is 47.4 Å². The molecule has 31 heavy (non-hydrogen) atoms. The highest BCUT2D eigenvalue weighted by Crippen LogP contribution is 2.29. The van der Waals surface area contributed by atoms with Gasteiger partial charge in [0.25, 0.3) is 5.91 Å². The highest BCUT2D eigenvalue weighted by Gasteiger charge is 2.29. The minimum atomic E-state index is -3.62. The Labute approximate surface area is 184 Å². The highest BCUT2D eigenvalue weighted by atomic mass is 32.2. The molecule has 2 heterocycles. The number of carbonyl (C=O) groups is 1. The summed E-state index contributed by atoms with van der Waals surface area (Å²) in [7, 11) is -2.02. The molecule has 1 aromatic heterocycles. The Morgan fingerprint density at radius 2 is 1.81 bits per heavy atom. The first-order valence-electron chi connectivity index (χ1n) is 9.78. The first kappa shape index (κ1) is 21.4. The minimum Gasteiger partial charge on any atom is -0.497 e. The largest absolute Gasteiger partial charge is 0.497 e. The first-order chi connectivity index (χ1) is 14.9. The van der Waals surface area contributed by atoms with E-state index in [-0.39, 0.29) is 10.5 Å². The molecule has 162 valence electrons. The Kier molecular flexibility index (Phi) is 6.03. The quantitative estimate of drug-likeness (QED) is 0.606. The average molecular weight is 459 g/mol. The van der Waals surface area contributed by atoms with Crippen molar-refractivity contribution >= 4 is 32.4 Å². The van der Waals surface area contributed by atoms with Crippen LogP contribution in [-0.2, 0) is 10.0 Å². The van der Waals surface area contributed by atoms with Gasteiger partial charge in [0.2, 0.25) is 15.2 Å². The molecule has 0 bridgehead atoms. The topological polar surface area (TPSA) is 101 Å². The van der Waals surface area contributed by atoms with Crippen LogP contribution in [0.1, 0.15) is 28.8 Å². The molecule has 0 atom stereocenters. The molecule has 1 saturated heterocycles. The van der Waals surface area contributed by atoms with Crippen molar-refractivity contribution in [1.82, 2.24) is 14.5 Å². The normalized spacial score (nSPS) is 14.5. The smallest absolute Gasteiger partial charge is 0.257 e. The Bertz CT molecular complexity index is 1200. The van der Waals surface area contributed by atoms with Crippen molar-refractivity contribution in [2.24, 2.45) is 0 Å². The van der Waals surface area contributed by atoms with E-state index in [1.807, 2.05) is 24.3 Å². The van der Waals surface area contributed by atoms with Crippen LogP contribution in [0.25, 0.3) is 10.6 Å². The molecular weight excluding hydrogens is 436 g/mol.